The van der Waals surface area contributed by atoms with Crippen molar-refractivity contribution in [3.8, 4) is 0 Å². The number of hydrogen-bond acceptors (Lipinski definition) is 3. The molecule has 1 aromatic rings. The second-order valence-corrected chi connectivity index (χ2v) is 8.04. The minimum absolute atomic E-state index is 0. The van der Waals surface area contributed by atoms with E-state index in [1.165, 1.54) is 0 Å². The Hall–Kier alpha value is -0.500. The van der Waals surface area contributed by atoms with Crippen molar-refractivity contribution < 1.29 is 0 Å². The summed E-state index contributed by atoms with van der Waals surface area (Å²) in [5.74, 6) is 1.06. The summed E-state index contributed by atoms with van der Waals surface area (Å²) in [6.07, 6.45) is 1.83. The van der Waals surface area contributed by atoms with Gasteiger partial charge in [-0.3, -0.25) is 0 Å². The van der Waals surface area contributed by atoms with Gasteiger partial charge in [0.05, 0.1) is 11.6 Å². The molecule has 0 aliphatic carbocycles. The van der Waals surface area contributed by atoms with Crippen LogP contribution in [0.4, 0.5) is 0 Å². The molecule has 0 unspecified atom stereocenters. The highest BCUT2D eigenvalue weighted by atomic mass is 127. The monoisotopic (exact) mass is 422 g/mol. The van der Waals surface area contributed by atoms with E-state index in [-0.39, 0.29) is 28.7 Å². The van der Waals surface area contributed by atoms with Crippen molar-refractivity contribution in [2.24, 2.45) is 16.6 Å². The second kappa shape index (κ2) is 9.50. The van der Waals surface area contributed by atoms with Crippen LogP contribution in [-0.4, -0.2) is 22.2 Å². The molecule has 0 aliphatic heterocycles. The first-order valence-electron chi connectivity index (χ1n) is 6.94. The Labute approximate surface area is 149 Å². The topological polar surface area (TPSA) is 63.3 Å². The Morgan fingerprint density at radius 3 is 2.67 bits per heavy atom. The summed E-state index contributed by atoms with van der Waals surface area (Å²) in [6.45, 7) is 12.2. The molecule has 0 fully saturated rings. The number of aliphatic imine (C=N–C) groups is 1. The highest BCUT2D eigenvalue weighted by Gasteiger charge is 2.13. The van der Waals surface area contributed by atoms with Crippen LogP contribution in [0.1, 0.15) is 40.2 Å². The van der Waals surface area contributed by atoms with Gasteiger partial charge in [-0.15, -0.1) is 35.7 Å². The summed E-state index contributed by atoms with van der Waals surface area (Å²) in [4.78, 5) is 8.73. The number of guanidine groups is 1. The fourth-order valence-electron chi connectivity index (χ4n) is 1.46. The number of pyridine rings is 1. The van der Waals surface area contributed by atoms with Gasteiger partial charge in [0.15, 0.2) is 5.96 Å². The highest BCUT2D eigenvalue weighted by molar-refractivity contribution is 14.0. The second-order valence-electron chi connectivity index (χ2n) is 6.19. The molecule has 21 heavy (non-hydrogen) atoms. The number of aromatic nitrogens is 1. The van der Waals surface area contributed by atoms with Gasteiger partial charge in [-0.05, 0) is 23.6 Å². The van der Waals surface area contributed by atoms with Crippen molar-refractivity contribution in [3.05, 3.63) is 23.9 Å². The summed E-state index contributed by atoms with van der Waals surface area (Å²) >= 11 is 1.76. The number of halogens is 1. The van der Waals surface area contributed by atoms with Crippen molar-refractivity contribution in [1.29, 1.82) is 0 Å². The maximum absolute atomic E-state index is 5.83. The Morgan fingerprint density at radius 2 is 2.10 bits per heavy atom. The molecule has 4 nitrogen and oxygen atoms in total. The number of nitrogens with zero attached hydrogens (tertiary/aromatic N) is 2. The Balaban J connectivity index is 0.00000400. The number of nitrogens with one attached hydrogen (secondary N) is 1. The molecule has 0 aromatic carbocycles. The Bertz CT molecular complexity index is 455. The van der Waals surface area contributed by atoms with Crippen LogP contribution in [0.25, 0.3) is 0 Å². The van der Waals surface area contributed by atoms with Gasteiger partial charge in [-0.25, -0.2) is 9.98 Å². The third kappa shape index (κ3) is 9.95. The zero-order valence-corrected chi connectivity index (χ0v) is 16.7. The molecular weight excluding hydrogens is 395 g/mol. The summed E-state index contributed by atoms with van der Waals surface area (Å²) in [7, 11) is 0. The molecule has 1 heterocycles. The van der Waals surface area contributed by atoms with Gasteiger partial charge in [0.2, 0.25) is 0 Å². The molecule has 0 bridgehead atoms. The van der Waals surface area contributed by atoms with Gasteiger partial charge < -0.3 is 11.1 Å². The SMILES string of the molecule is CC(C)CNC(N)=NCc1ccnc(SC(C)(C)C)c1.I. The van der Waals surface area contributed by atoms with Crippen LogP contribution in [0.3, 0.4) is 0 Å². The molecule has 0 aliphatic rings. The third-order valence-corrected chi connectivity index (χ3v) is 3.38. The smallest absolute Gasteiger partial charge is 0.188 e. The molecule has 1 aromatic heterocycles. The van der Waals surface area contributed by atoms with Crippen LogP contribution in [0, 0.1) is 5.92 Å². The van der Waals surface area contributed by atoms with E-state index >= 15 is 0 Å². The minimum atomic E-state index is 0. The number of hydrogen-bond donors (Lipinski definition) is 2. The lowest BCUT2D eigenvalue weighted by Crippen LogP contribution is -2.34. The van der Waals surface area contributed by atoms with Gasteiger partial charge >= 0.3 is 0 Å². The summed E-state index contributed by atoms with van der Waals surface area (Å²) < 4.78 is 0.159. The van der Waals surface area contributed by atoms with E-state index in [1.54, 1.807) is 11.8 Å². The Kier molecular flexibility index (Phi) is 9.28. The van der Waals surface area contributed by atoms with E-state index < -0.39 is 0 Å². The largest absolute Gasteiger partial charge is 0.370 e. The molecule has 1 rings (SSSR count). The van der Waals surface area contributed by atoms with Crippen LogP contribution < -0.4 is 11.1 Å². The first-order chi connectivity index (χ1) is 9.26. The molecule has 6 heteroatoms. The number of thioether (sulfide) groups is 1. The first-order valence-corrected chi connectivity index (χ1v) is 7.75. The van der Waals surface area contributed by atoms with E-state index in [0.29, 0.717) is 18.4 Å². The molecule has 0 saturated heterocycles. The zero-order chi connectivity index (χ0) is 15.2. The van der Waals surface area contributed by atoms with Crippen LogP contribution in [-0.2, 0) is 6.54 Å². The lowest BCUT2D eigenvalue weighted by molar-refractivity contribution is 0.622. The van der Waals surface area contributed by atoms with Crippen LogP contribution in [0.5, 0.6) is 0 Å². The lowest BCUT2D eigenvalue weighted by Gasteiger charge is -2.16. The van der Waals surface area contributed by atoms with Gasteiger partial charge in [0.1, 0.15) is 0 Å². The third-order valence-electron chi connectivity index (χ3n) is 2.33. The molecule has 0 spiro atoms. The Morgan fingerprint density at radius 1 is 1.43 bits per heavy atom. The van der Waals surface area contributed by atoms with Crippen LogP contribution in [0.2, 0.25) is 0 Å². The average Bonchev–Trinajstić information content (AvgIpc) is 2.32. The van der Waals surface area contributed by atoms with Crippen molar-refractivity contribution in [2.45, 2.75) is 50.9 Å². The van der Waals surface area contributed by atoms with Gasteiger partial charge in [-0.1, -0.05) is 34.6 Å². The number of nitrogens with two attached hydrogens (primary N) is 1. The first kappa shape index (κ1) is 20.5. The predicted octanol–water partition coefficient (Wildman–Crippen LogP) is 3.65. The predicted molar refractivity (Wildman–Crippen MR) is 103 cm³/mol. The van der Waals surface area contributed by atoms with Crippen molar-refractivity contribution >= 4 is 41.7 Å². The van der Waals surface area contributed by atoms with Crippen LogP contribution in [0.15, 0.2) is 28.3 Å². The maximum Gasteiger partial charge on any atom is 0.188 e. The summed E-state index contributed by atoms with van der Waals surface area (Å²) in [5.41, 5.74) is 6.95. The summed E-state index contributed by atoms with van der Waals surface area (Å²) in [5, 5.41) is 4.14. The number of rotatable bonds is 5. The molecule has 0 radical (unpaired) electrons. The quantitative estimate of drug-likeness (QED) is 0.329. The molecule has 0 atom stereocenters. The van der Waals surface area contributed by atoms with E-state index in [1.807, 2.05) is 12.3 Å². The highest BCUT2D eigenvalue weighted by Crippen LogP contribution is 2.30. The van der Waals surface area contributed by atoms with E-state index in [4.69, 9.17) is 5.73 Å². The van der Waals surface area contributed by atoms with Crippen molar-refractivity contribution in [1.82, 2.24) is 10.3 Å². The van der Waals surface area contributed by atoms with E-state index in [9.17, 15) is 0 Å². The molecule has 0 saturated carbocycles. The maximum atomic E-state index is 5.83. The van der Waals surface area contributed by atoms with Crippen molar-refractivity contribution in [2.75, 3.05) is 6.54 Å². The molecule has 120 valence electrons. The van der Waals surface area contributed by atoms with Gasteiger partial charge in [-0.2, -0.15) is 0 Å². The fraction of sp³-hybridized carbons (Fsp3) is 0.600. The van der Waals surface area contributed by atoms with Crippen LogP contribution >= 0.6 is 35.7 Å². The normalized spacial score (nSPS) is 12.2. The average molecular weight is 422 g/mol. The summed E-state index contributed by atoms with van der Waals surface area (Å²) in [6, 6.07) is 4.06. The van der Waals surface area contributed by atoms with E-state index in [0.717, 1.165) is 17.1 Å². The minimum Gasteiger partial charge on any atom is -0.370 e. The molecule has 0 amide bonds. The van der Waals surface area contributed by atoms with Crippen molar-refractivity contribution in [3.63, 3.8) is 0 Å². The van der Waals surface area contributed by atoms with E-state index in [2.05, 4.69) is 56.0 Å². The molecule has 3 N–H and O–H groups in total. The van der Waals surface area contributed by atoms with Gasteiger partial charge in [0.25, 0.3) is 0 Å². The fourth-order valence-corrected chi connectivity index (χ4v) is 2.41. The van der Waals surface area contributed by atoms with Gasteiger partial charge in [0, 0.05) is 17.5 Å². The standard InChI is InChI=1S/C15H26N4S.HI/c1-11(2)9-18-14(16)19-10-12-6-7-17-13(8-12)20-15(3,4)5;/h6-8,11H,9-10H2,1-5H3,(H3,16,18,19);1H. The molecular formula is C15H27IN4S. The zero-order valence-electron chi connectivity index (χ0n) is 13.5. The lowest BCUT2D eigenvalue weighted by atomic mass is 10.2.